The van der Waals surface area contributed by atoms with E-state index in [1.54, 1.807) is 6.07 Å². The number of benzene rings is 3. The van der Waals surface area contributed by atoms with Gasteiger partial charge in [-0.25, -0.2) is 14.4 Å². The number of fused-ring (bicyclic) bond motifs is 1. The molecule has 44 heavy (non-hydrogen) atoms. The molecule has 0 bridgehead atoms. The average Bonchev–Trinajstić information content (AvgIpc) is 3.49. The van der Waals surface area contributed by atoms with Gasteiger partial charge in [0.2, 0.25) is 0 Å². The summed E-state index contributed by atoms with van der Waals surface area (Å²) in [4.78, 5) is 11.2. The van der Waals surface area contributed by atoms with Gasteiger partial charge in [-0.1, -0.05) is 18.2 Å². The summed E-state index contributed by atoms with van der Waals surface area (Å²) >= 11 is 0. The molecule has 226 valence electrons. The predicted octanol–water partition coefficient (Wildman–Crippen LogP) is 3.59. The summed E-state index contributed by atoms with van der Waals surface area (Å²) in [6.45, 7) is 3.18. The second-order valence-corrected chi connectivity index (χ2v) is 11.3. The SMILES string of the molecule is [NH2+]=Cc1cc(Nc2ncnc3ccc(-c4ccn(CC(O)CN5CCC(O)CC5)c4)cc23)ccc1NCc1cccc(F)c1. The molecular weight excluding hydrogens is 557 g/mol. The summed E-state index contributed by atoms with van der Waals surface area (Å²) in [6.07, 6.45) is 7.90. The number of β-amino-alcohol motifs (C(OH)–C–C–N with tert-alkyl or cyclic N) is 1. The Hall–Kier alpha value is -4.64. The number of aliphatic hydroxyl groups is 2. The number of likely N-dealkylation sites (tertiary alicyclic amines) is 1. The van der Waals surface area contributed by atoms with Crippen molar-refractivity contribution in [2.45, 2.75) is 38.1 Å². The molecule has 2 aromatic heterocycles. The predicted molar refractivity (Wildman–Crippen MR) is 171 cm³/mol. The van der Waals surface area contributed by atoms with Crippen molar-refractivity contribution in [1.29, 1.82) is 0 Å². The largest absolute Gasteiger partial charge is 0.393 e. The van der Waals surface area contributed by atoms with E-state index in [9.17, 15) is 14.6 Å². The minimum absolute atomic E-state index is 0.220. The van der Waals surface area contributed by atoms with Crippen LogP contribution in [0.2, 0.25) is 0 Å². The highest BCUT2D eigenvalue weighted by molar-refractivity contribution is 5.94. The highest BCUT2D eigenvalue weighted by Gasteiger charge is 2.19. The molecule has 0 aliphatic carbocycles. The van der Waals surface area contributed by atoms with E-state index in [-0.39, 0.29) is 11.9 Å². The van der Waals surface area contributed by atoms with Gasteiger partial charge in [0.1, 0.15) is 18.0 Å². The number of halogens is 1. The van der Waals surface area contributed by atoms with Crippen molar-refractivity contribution in [3.8, 4) is 11.1 Å². The van der Waals surface area contributed by atoms with Crippen LogP contribution in [0, 0.1) is 5.82 Å². The van der Waals surface area contributed by atoms with Crippen molar-refractivity contribution < 1.29 is 20.0 Å². The third kappa shape index (κ3) is 7.11. The molecule has 6 N–H and O–H groups in total. The van der Waals surface area contributed by atoms with Crippen molar-refractivity contribution >= 4 is 34.3 Å². The summed E-state index contributed by atoms with van der Waals surface area (Å²) in [6, 6.07) is 20.4. The summed E-state index contributed by atoms with van der Waals surface area (Å²) in [5, 5.41) is 34.0. The quantitative estimate of drug-likeness (QED) is 0.148. The van der Waals surface area contributed by atoms with Crippen LogP contribution in [0.25, 0.3) is 22.0 Å². The fraction of sp³-hybridized carbons (Fsp3) is 0.265. The molecule has 1 aliphatic rings. The first-order valence-corrected chi connectivity index (χ1v) is 14.9. The Bertz CT molecular complexity index is 1750. The van der Waals surface area contributed by atoms with E-state index in [4.69, 9.17) is 5.41 Å². The first-order chi connectivity index (χ1) is 21.4. The van der Waals surface area contributed by atoms with Crippen molar-refractivity contribution in [3.05, 3.63) is 102 Å². The molecule has 0 radical (unpaired) electrons. The molecule has 0 spiro atoms. The number of aliphatic hydroxyl groups excluding tert-OH is 2. The lowest BCUT2D eigenvalue weighted by Crippen LogP contribution is -2.41. The number of nitrogens with one attached hydrogen (secondary N) is 2. The molecule has 3 heterocycles. The fourth-order valence-electron chi connectivity index (χ4n) is 5.68. The van der Waals surface area contributed by atoms with Crippen LogP contribution in [0.4, 0.5) is 21.6 Å². The van der Waals surface area contributed by atoms with Crippen molar-refractivity contribution in [2.24, 2.45) is 0 Å². The Morgan fingerprint density at radius 1 is 1.00 bits per heavy atom. The van der Waals surface area contributed by atoms with Crippen LogP contribution < -0.4 is 16.0 Å². The van der Waals surface area contributed by atoms with Gasteiger partial charge in [-0.15, -0.1) is 0 Å². The molecule has 1 aliphatic heterocycles. The smallest absolute Gasteiger partial charge is 0.169 e. The van der Waals surface area contributed by atoms with E-state index in [2.05, 4.69) is 31.6 Å². The molecule has 1 saturated heterocycles. The van der Waals surface area contributed by atoms with Gasteiger partial charge in [-0.3, -0.25) is 5.41 Å². The molecule has 0 amide bonds. The Morgan fingerprint density at radius 2 is 1.86 bits per heavy atom. The number of rotatable bonds is 11. The summed E-state index contributed by atoms with van der Waals surface area (Å²) in [5.74, 6) is 0.402. The Labute approximate surface area is 255 Å². The van der Waals surface area contributed by atoms with Gasteiger partial charge in [0.25, 0.3) is 0 Å². The number of hydrogen-bond acceptors (Lipinski definition) is 7. The van der Waals surface area contributed by atoms with Gasteiger partial charge in [-0.05, 0) is 78.1 Å². The van der Waals surface area contributed by atoms with E-state index in [1.165, 1.54) is 24.7 Å². The van der Waals surface area contributed by atoms with Gasteiger partial charge < -0.3 is 30.3 Å². The van der Waals surface area contributed by atoms with Gasteiger partial charge in [0, 0.05) is 61.9 Å². The molecule has 3 aromatic carbocycles. The van der Waals surface area contributed by atoms with E-state index >= 15 is 0 Å². The van der Waals surface area contributed by atoms with Crippen LogP contribution in [0.15, 0.2) is 85.5 Å². The second-order valence-electron chi connectivity index (χ2n) is 11.3. The van der Waals surface area contributed by atoms with Crippen molar-refractivity contribution in [1.82, 2.24) is 19.4 Å². The number of hydrogen-bond donors (Lipinski definition) is 5. The zero-order chi connectivity index (χ0) is 30.5. The molecule has 1 unspecified atom stereocenters. The molecule has 1 fully saturated rings. The molecule has 1 atom stereocenters. The minimum atomic E-state index is -0.495. The van der Waals surface area contributed by atoms with E-state index in [0.717, 1.165) is 70.5 Å². The van der Waals surface area contributed by atoms with Gasteiger partial charge in [0.05, 0.1) is 23.3 Å². The Morgan fingerprint density at radius 3 is 2.68 bits per heavy atom. The topological polar surface area (TPSA) is 124 Å². The minimum Gasteiger partial charge on any atom is -0.393 e. The fourth-order valence-corrected chi connectivity index (χ4v) is 5.68. The lowest BCUT2D eigenvalue weighted by atomic mass is 10.1. The van der Waals surface area contributed by atoms with Gasteiger partial charge >= 0.3 is 0 Å². The Kier molecular flexibility index (Phi) is 8.92. The first-order valence-electron chi connectivity index (χ1n) is 14.9. The molecule has 5 aromatic rings. The maximum absolute atomic E-state index is 13.6. The highest BCUT2D eigenvalue weighted by atomic mass is 19.1. The van der Waals surface area contributed by atoms with Crippen LogP contribution in [-0.2, 0) is 13.1 Å². The van der Waals surface area contributed by atoms with Crippen molar-refractivity contribution in [3.63, 3.8) is 0 Å². The first kappa shape index (κ1) is 29.4. The highest BCUT2D eigenvalue weighted by Crippen LogP contribution is 2.30. The van der Waals surface area contributed by atoms with E-state index in [0.29, 0.717) is 25.5 Å². The zero-order valence-corrected chi connectivity index (χ0v) is 24.4. The normalized spacial score (nSPS) is 14.9. The van der Waals surface area contributed by atoms with Crippen LogP contribution in [-0.4, -0.2) is 67.7 Å². The summed E-state index contributed by atoms with van der Waals surface area (Å²) < 4.78 is 15.6. The Balaban J connectivity index is 1.15. The van der Waals surface area contributed by atoms with Gasteiger partial charge in [0.15, 0.2) is 6.21 Å². The maximum atomic E-state index is 13.6. The van der Waals surface area contributed by atoms with E-state index < -0.39 is 6.10 Å². The number of nitrogens with two attached hydrogens (primary N) is 1. The molecule has 6 rings (SSSR count). The zero-order valence-electron chi connectivity index (χ0n) is 24.4. The average molecular weight is 595 g/mol. The van der Waals surface area contributed by atoms with Crippen LogP contribution in [0.5, 0.6) is 0 Å². The monoisotopic (exact) mass is 594 g/mol. The van der Waals surface area contributed by atoms with Gasteiger partial charge in [-0.2, -0.15) is 0 Å². The molecule has 9 nitrogen and oxygen atoms in total. The second kappa shape index (κ2) is 13.3. The third-order valence-corrected chi connectivity index (χ3v) is 8.03. The molecule has 10 heteroatoms. The molecular formula is C34H37FN7O2+. The van der Waals surface area contributed by atoms with Crippen molar-refractivity contribution in [2.75, 3.05) is 30.3 Å². The third-order valence-electron chi connectivity index (χ3n) is 8.03. The lowest BCUT2D eigenvalue weighted by Gasteiger charge is -2.31. The summed E-state index contributed by atoms with van der Waals surface area (Å²) in [7, 11) is 0. The maximum Gasteiger partial charge on any atom is 0.169 e. The van der Waals surface area contributed by atoms with E-state index in [1.807, 2.05) is 59.4 Å². The lowest BCUT2D eigenvalue weighted by molar-refractivity contribution is -0.104. The van der Waals surface area contributed by atoms with Crippen LogP contribution >= 0.6 is 0 Å². The number of nitrogens with zero attached hydrogens (tertiary/aromatic N) is 4. The standard InChI is InChI=1S/C34H36FN7O2/c35-27-3-1-2-23(14-27)18-37-32-7-5-28(15-26(32)17-36)40-34-31-16-24(4-6-33(31)38-22-39-34)25-8-11-42(19-25)21-30(44)20-41-12-9-29(43)10-13-41/h1-8,11,14-17,19,22,29-30,36-37,43-44H,9-10,12-13,18,20-21H2,(H,38,39,40)/p+1. The van der Waals surface area contributed by atoms with Crippen LogP contribution in [0.3, 0.4) is 0 Å². The number of aromatic nitrogens is 3. The van der Waals surface area contributed by atoms with Crippen LogP contribution in [0.1, 0.15) is 24.0 Å². The number of piperidine rings is 1. The molecule has 0 saturated carbocycles. The summed E-state index contributed by atoms with van der Waals surface area (Å²) in [5.41, 5.74) is 6.14. The number of anilines is 3.